The number of Topliss-reactive ketones (excluding diaryl/α,β-unsaturated/α-hetero) is 1. The highest BCUT2D eigenvalue weighted by Gasteiger charge is 2.14. The molecule has 0 aromatic carbocycles. The van der Waals surface area contributed by atoms with Gasteiger partial charge in [-0.25, -0.2) is 4.79 Å². The molecule has 0 aromatic rings. The van der Waals surface area contributed by atoms with Crippen LogP contribution in [0.1, 0.15) is 13.3 Å². The Morgan fingerprint density at radius 3 is 2.58 bits per heavy atom. The summed E-state index contributed by atoms with van der Waals surface area (Å²) in [4.78, 5) is 21.5. The molecule has 68 valence electrons. The second kappa shape index (κ2) is 5.35. The summed E-state index contributed by atoms with van der Waals surface area (Å²) in [5.41, 5.74) is 0. The van der Waals surface area contributed by atoms with Gasteiger partial charge >= 0.3 is 6.09 Å². The fraction of sp³-hybridized carbons (Fsp3) is 0.500. The van der Waals surface area contributed by atoms with Gasteiger partial charge < -0.3 is 10.1 Å². The fourth-order valence-electron chi connectivity index (χ4n) is 0.694. The second-order valence-corrected chi connectivity index (χ2v) is 2.32. The van der Waals surface area contributed by atoms with E-state index in [4.69, 9.17) is 0 Å². The SMILES string of the molecule is C=CC[C@H](NC(=O)OC)C(C)=O. The van der Waals surface area contributed by atoms with Crippen molar-refractivity contribution in [2.45, 2.75) is 19.4 Å². The van der Waals surface area contributed by atoms with Crippen LogP contribution in [-0.2, 0) is 9.53 Å². The van der Waals surface area contributed by atoms with Gasteiger partial charge in [-0.3, -0.25) is 4.79 Å². The molecule has 4 nitrogen and oxygen atoms in total. The Kier molecular flexibility index (Phi) is 4.76. The molecule has 1 amide bonds. The van der Waals surface area contributed by atoms with Gasteiger partial charge in [0.1, 0.15) is 0 Å². The van der Waals surface area contributed by atoms with E-state index in [1.54, 1.807) is 6.08 Å². The normalized spacial score (nSPS) is 11.5. The van der Waals surface area contributed by atoms with Crippen molar-refractivity contribution in [1.29, 1.82) is 0 Å². The summed E-state index contributed by atoms with van der Waals surface area (Å²) in [6.45, 7) is 4.88. The van der Waals surface area contributed by atoms with Crippen molar-refractivity contribution in [3.05, 3.63) is 12.7 Å². The molecule has 0 unspecified atom stereocenters. The van der Waals surface area contributed by atoms with Gasteiger partial charge in [-0.1, -0.05) is 6.08 Å². The average molecular weight is 171 g/mol. The lowest BCUT2D eigenvalue weighted by Crippen LogP contribution is -2.39. The van der Waals surface area contributed by atoms with Gasteiger partial charge in [-0.2, -0.15) is 0 Å². The van der Waals surface area contributed by atoms with E-state index in [1.165, 1.54) is 14.0 Å². The Bertz CT molecular complexity index is 189. The molecule has 1 atom stereocenters. The highest BCUT2D eigenvalue weighted by Crippen LogP contribution is 1.94. The van der Waals surface area contributed by atoms with Crippen LogP contribution in [-0.4, -0.2) is 25.0 Å². The molecule has 0 spiro atoms. The quantitative estimate of drug-likeness (QED) is 0.639. The summed E-state index contributed by atoms with van der Waals surface area (Å²) in [5, 5.41) is 2.39. The van der Waals surface area contributed by atoms with Crippen molar-refractivity contribution in [1.82, 2.24) is 5.32 Å². The number of ether oxygens (including phenoxy) is 1. The molecule has 0 aromatic heterocycles. The van der Waals surface area contributed by atoms with Crippen LogP contribution in [0.3, 0.4) is 0 Å². The van der Waals surface area contributed by atoms with E-state index >= 15 is 0 Å². The minimum atomic E-state index is -0.600. The number of hydrogen-bond donors (Lipinski definition) is 1. The van der Waals surface area contributed by atoms with E-state index in [2.05, 4.69) is 16.6 Å². The van der Waals surface area contributed by atoms with Crippen LogP contribution in [0.5, 0.6) is 0 Å². The number of rotatable bonds is 4. The predicted octanol–water partition coefficient (Wildman–Crippen LogP) is 0.876. The van der Waals surface area contributed by atoms with Crippen LogP contribution in [0.4, 0.5) is 4.79 Å². The van der Waals surface area contributed by atoms with Gasteiger partial charge in [0.25, 0.3) is 0 Å². The average Bonchev–Trinajstić information content (AvgIpc) is 2.03. The second-order valence-electron chi connectivity index (χ2n) is 2.32. The molecule has 4 heteroatoms. The molecule has 0 radical (unpaired) electrons. The maximum absolute atomic E-state index is 10.9. The van der Waals surface area contributed by atoms with Gasteiger partial charge in [0.2, 0.25) is 0 Å². The first-order valence-corrected chi connectivity index (χ1v) is 3.57. The van der Waals surface area contributed by atoms with Crippen LogP contribution >= 0.6 is 0 Å². The first-order valence-electron chi connectivity index (χ1n) is 3.57. The Labute approximate surface area is 71.6 Å². The number of methoxy groups -OCH3 is 1. The number of alkyl carbamates (subject to hydrolysis) is 1. The maximum Gasteiger partial charge on any atom is 0.407 e. The van der Waals surface area contributed by atoms with Gasteiger partial charge in [-0.15, -0.1) is 6.58 Å². The van der Waals surface area contributed by atoms with Gasteiger partial charge in [0, 0.05) is 0 Å². The molecule has 0 rings (SSSR count). The summed E-state index contributed by atoms with van der Waals surface area (Å²) >= 11 is 0. The van der Waals surface area contributed by atoms with Crippen LogP contribution in [0.15, 0.2) is 12.7 Å². The third kappa shape index (κ3) is 3.75. The number of carbonyl (C=O) groups excluding carboxylic acids is 2. The van der Waals surface area contributed by atoms with Crippen molar-refractivity contribution in [3.63, 3.8) is 0 Å². The Hall–Kier alpha value is -1.32. The van der Waals surface area contributed by atoms with Crippen molar-refractivity contribution in [2.24, 2.45) is 0 Å². The first-order chi connectivity index (χ1) is 5.61. The lowest BCUT2D eigenvalue weighted by atomic mass is 10.1. The van der Waals surface area contributed by atoms with Gasteiger partial charge in [-0.05, 0) is 13.3 Å². The molecule has 0 bridgehead atoms. The molecule has 0 aliphatic heterocycles. The Balaban J connectivity index is 4.03. The lowest BCUT2D eigenvalue weighted by molar-refractivity contribution is -0.118. The highest BCUT2D eigenvalue weighted by molar-refractivity contribution is 5.85. The molecule has 0 fully saturated rings. The number of hydrogen-bond acceptors (Lipinski definition) is 3. The highest BCUT2D eigenvalue weighted by atomic mass is 16.5. The zero-order valence-electron chi connectivity index (χ0n) is 7.29. The lowest BCUT2D eigenvalue weighted by Gasteiger charge is -2.11. The van der Waals surface area contributed by atoms with E-state index in [0.29, 0.717) is 6.42 Å². The monoisotopic (exact) mass is 171 g/mol. The van der Waals surface area contributed by atoms with Crippen molar-refractivity contribution < 1.29 is 14.3 Å². The number of carbonyl (C=O) groups is 2. The van der Waals surface area contributed by atoms with Crippen LogP contribution < -0.4 is 5.32 Å². The fourth-order valence-corrected chi connectivity index (χ4v) is 0.694. The molecule has 1 N–H and O–H groups in total. The predicted molar refractivity (Wildman–Crippen MR) is 44.8 cm³/mol. The van der Waals surface area contributed by atoms with E-state index in [1.807, 2.05) is 0 Å². The van der Waals surface area contributed by atoms with Gasteiger partial charge in [0.15, 0.2) is 5.78 Å². The third-order valence-corrected chi connectivity index (χ3v) is 1.37. The maximum atomic E-state index is 10.9. The first kappa shape index (κ1) is 10.7. The zero-order chi connectivity index (χ0) is 9.56. The molecule has 0 heterocycles. The summed E-state index contributed by atoms with van der Waals surface area (Å²) in [6, 6.07) is -0.519. The number of nitrogens with one attached hydrogen (secondary N) is 1. The molecule has 12 heavy (non-hydrogen) atoms. The summed E-state index contributed by atoms with van der Waals surface area (Å²) in [5.74, 6) is -0.111. The smallest absolute Gasteiger partial charge is 0.407 e. The van der Waals surface area contributed by atoms with Crippen molar-refractivity contribution in [3.8, 4) is 0 Å². The number of amides is 1. The van der Waals surface area contributed by atoms with E-state index < -0.39 is 12.1 Å². The topological polar surface area (TPSA) is 55.4 Å². The minimum absolute atomic E-state index is 0.111. The molecule has 0 saturated heterocycles. The summed E-state index contributed by atoms with van der Waals surface area (Å²) in [7, 11) is 1.25. The Morgan fingerprint density at radius 2 is 2.25 bits per heavy atom. The zero-order valence-corrected chi connectivity index (χ0v) is 7.29. The van der Waals surface area contributed by atoms with Gasteiger partial charge in [0.05, 0.1) is 13.2 Å². The van der Waals surface area contributed by atoms with E-state index in [0.717, 1.165) is 0 Å². The van der Waals surface area contributed by atoms with Crippen molar-refractivity contribution in [2.75, 3.05) is 7.11 Å². The molecular weight excluding hydrogens is 158 g/mol. The summed E-state index contributed by atoms with van der Waals surface area (Å²) < 4.78 is 4.34. The Morgan fingerprint density at radius 1 is 1.67 bits per heavy atom. The molecular formula is C8H13NO3. The standard InChI is InChI=1S/C8H13NO3/c1-4-5-7(6(2)10)9-8(11)12-3/h4,7H,1,5H2,2-3H3,(H,9,11)/t7-/m0/s1. The summed E-state index contributed by atoms with van der Waals surface area (Å²) in [6.07, 6.45) is 1.39. The molecule has 0 saturated carbocycles. The molecule has 0 aliphatic rings. The van der Waals surface area contributed by atoms with Crippen LogP contribution in [0.25, 0.3) is 0 Å². The van der Waals surface area contributed by atoms with Crippen LogP contribution in [0.2, 0.25) is 0 Å². The van der Waals surface area contributed by atoms with Crippen molar-refractivity contribution >= 4 is 11.9 Å². The van der Waals surface area contributed by atoms with Crippen LogP contribution in [0, 0.1) is 0 Å². The minimum Gasteiger partial charge on any atom is -0.453 e. The van der Waals surface area contributed by atoms with E-state index in [-0.39, 0.29) is 5.78 Å². The third-order valence-electron chi connectivity index (χ3n) is 1.37. The number of ketones is 1. The van der Waals surface area contributed by atoms with E-state index in [9.17, 15) is 9.59 Å². The largest absolute Gasteiger partial charge is 0.453 e. The molecule has 0 aliphatic carbocycles.